The average molecular weight is 287 g/mol. The molecule has 2 aromatic rings. The van der Waals surface area contributed by atoms with Crippen LogP contribution in [0.25, 0.3) is 10.8 Å². The number of hydrogen-bond acceptors (Lipinski definition) is 3. The molecule has 0 saturated heterocycles. The maximum atomic E-state index is 5.52. The van der Waals surface area contributed by atoms with Gasteiger partial charge in [0.1, 0.15) is 0 Å². The highest BCUT2D eigenvalue weighted by Gasteiger charge is 2.07. The molecule has 0 unspecified atom stereocenters. The van der Waals surface area contributed by atoms with Gasteiger partial charge in [0.05, 0.1) is 0 Å². The monoisotopic (exact) mass is 287 g/mol. The van der Waals surface area contributed by atoms with Crippen LogP contribution in [0.4, 0.5) is 0 Å². The molecule has 3 nitrogen and oxygen atoms in total. The van der Waals surface area contributed by atoms with Gasteiger partial charge >= 0.3 is 0 Å². The molecule has 0 radical (unpaired) electrons. The first-order chi connectivity index (χ1) is 10.3. The molecule has 0 aromatic heterocycles. The Balaban J connectivity index is 1.85. The van der Waals surface area contributed by atoms with Crippen molar-refractivity contribution in [3.8, 4) is 0 Å². The zero-order valence-electron chi connectivity index (χ0n) is 13.0. The summed E-state index contributed by atoms with van der Waals surface area (Å²) in [7, 11) is 0. The number of fused-ring (bicyclic) bond motifs is 1. The molecule has 3 heteroatoms. The maximum absolute atomic E-state index is 5.52. The van der Waals surface area contributed by atoms with Crippen LogP contribution in [0.3, 0.4) is 0 Å². The normalized spacial score (nSPS) is 11.4. The van der Waals surface area contributed by atoms with E-state index in [-0.39, 0.29) is 6.29 Å². The third-order valence-electron chi connectivity index (χ3n) is 3.47. The fourth-order valence-electron chi connectivity index (χ4n) is 2.49. The van der Waals surface area contributed by atoms with Gasteiger partial charge in [-0.3, -0.25) is 0 Å². The highest BCUT2D eigenvalue weighted by molar-refractivity contribution is 5.85. The highest BCUT2D eigenvalue weighted by atomic mass is 16.7. The molecular formula is C18H25NO2. The first-order valence-corrected chi connectivity index (χ1v) is 7.75. The molecule has 0 bridgehead atoms. The second-order valence-corrected chi connectivity index (χ2v) is 4.93. The smallest absolute Gasteiger partial charge is 0.169 e. The molecule has 0 aliphatic rings. The molecule has 0 fully saturated rings. The maximum Gasteiger partial charge on any atom is 0.169 e. The van der Waals surface area contributed by atoms with Gasteiger partial charge < -0.3 is 14.8 Å². The molecule has 21 heavy (non-hydrogen) atoms. The summed E-state index contributed by atoms with van der Waals surface area (Å²) in [6, 6.07) is 15.0. The summed E-state index contributed by atoms with van der Waals surface area (Å²) in [6.45, 7) is 6.98. The van der Waals surface area contributed by atoms with Crippen molar-refractivity contribution < 1.29 is 9.47 Å². The fraction of sp³-hybridized carbons (Fsp3) is 0.444. The van der Waals surface area contributed by atoms with Gasteiger partial charge in [0.2, 0.25) is 0 Å². The van der Waals surface area contributed by atoms with Crippen LogP contribution >= 0.6 is 0 Å². The Bertz CT molecular complexity index is 530. The Kier molecular flexibility index (Phi) is 6.67. The second kappa shape index (κ2) is 8.78. The van der Waals surface area contributed by atoms with Crippen molar-refractivity contribution >= 4 is 10.8 Å². The third-order valence-corrected chi connectivity index (χ3v) is 3.47. The summed E-state index contributed by atoms with van der Waals surface area (Å²) < 4.78 is 11.0. The van der Waals surface area contributed by atoms with Crippen LogP contribution in [0.2, 0.25) is 0 Å². The third kappa shape index (κ3) is 4.81. The Morgan fingerprint density at radius 1 is 0.952 bits per heavy atom. The molecule has 0 atom stereocenters. The van der Waals surface area contributed by atoms with Crippen molar-refractivity contribution in [1.29, 1.82) is 0 Å². The highest BCUT2D eigenvalue weighted by Crippen LogP contribution is 2.18. The first-order valence-electron chi connectivity index (χ1n) is 7.75. The Morgan fingerprint density at radius 3 is 2.43 bits per heavy atom. The standard InChI is InChI=1S/C18H25NO2/c1-3-20-18(21-4-2)14-19-13-12-16-10-7-9-15-8-5-6-11-17(15)16/h5-11,18-19H,3-4,12-14H2,1-2H3. The van der Waals surface area contributed by atoms with Gasteiger partial charge in [-0.15, -0.1) is 0 Å². The number of rotatable bonds is 9. The average Bonchev–Trinajstić information content (AvgIpc) is 2.52. The lowest BCUT2D eigenvalue weighted by molar-refractivity contribution is -0.132. The summed E-state index contributed by atoms with van der Waals surface area (Å²) in [6.07, 6.45) is 0.860. The molecule has 1 N–H and O–H groups in total. The van der Waals surface area contributed by atoms with Crippen LogP contribution in [0.1, 0.15) is 19.4 Å². The lowest BCUT2D eigenvalue weighted by Crippen LogP contribution is -2.32. The largest absolute Gasteiger partial charge is 0.352 e. The molecule has 114 valence electrons. The van der Waals surface area contributed by atoms with Gasteiger partial charge in [-0.25, -0.2) is 0 Å². The number of benzene rings is 2. The second-order valence-electron chi connectivity index (χ2n) is 4.93. The van der Waals surface area contributed by atoms with Crippen molar-refractivity contribution in [3.05, 3.63) is 48.0 Å². The lowest BCUT2D eigenvalue weighted by Gasteiger charge is -2.17. The Hall–Kier alpha value is -1.42. The van der Waals surface area contributed by atoms with Gasteiger partial charge in [0.15, 0.2) is 6.29 Å². The van der Waals surface area contributed by atoms with Gasteiger partial charge in [0.25, 0.3) is 0 Å². The predicted octanol–water partition coefficient (Wildman–Crippen LogP) is 3.37. The van der Waals surface area contributed by atoms with E-state index in [2.05, 4.69) is 47.8 Å². The van der Waals surface area contributed by atoms with Crippen molar-refractivity contribution in [3.63, 3.8) is 0 Å². The van der Waals surface area contributed by atoms with Crippen LogP contribution in [-0.2, 0) is 15.9 Å². The topological polar surface area (TPSA) is 30.5 Å². The minimum absolute atomic E-state index is 0.146. The van der Waals surface area contributed by atoms with E-state index in [9.17, 15) is 0 Å². The minimum atomic E-state index is -0.146. The molecule has 0 aliphatic carbocycles. The quantitative estimate of drug-likeness (QED) is 0.566. The molecule has 0 spiro atoms. The molecule has 0 heterocycles. The molecule has 0 amide bonds. The van der Waals surface area contributed by atoms with Gasteiger partial charge in [-0.05, 0) is 43.1 Å². The molecular weight excluding hydrogens is 262 g/mol. The van der Waals surface area contributed by atoms with Gasteiger partial charge in [-0.2, -0.15) is 0 Å². The van der Waals surface area contributed by atoms with Crippen molar-refractivity contribution in [2.24, 2.45) is 0 Å². The van der Waals surface area contributed by atoms with Crippen LogP contribution < -0.4 is 5.32 Å². The molecule has 2 aromatic carbocycles. The van der Waals surface area contributed by atoms with Gasteiger partial charge in [0, 0.05) is 19.8 Å². The van der Waals surface area contributed by atoms with Crippen LogP contribution in [0.15, 0.2) is 42.5 Å². The summed E-state index contributed by atoms with van der Waals surface area (Å²) in [5, 5.41) is 6.06. The molecule has 0 aliphatic heterocycles. The van der Waals surface area contributed by atoms with E-state index < -0.39 is 0 Å². The summed E-state index contributed by atoms with van der Waals surface area (Å²) >= 11 is 0. The van der Waals surface area contributed by atoms with E-state index in [0.29, 0.717) is 13.2 Å². The van der Waals surface area contributed by atoms with Crippen molar-refractivity contribution in [2.75, 3.05) is 26.3 Å². The fourth-order valence-corrected chi connectivity index (χ4v) is 2.49. The van der Waals surface area contributed by atoms with Crippen LogP contribution in [-0.4, -0.2) is 32.6 Å². The van der Waals surface area contributed by atoms with Gasteiger partial charge in [-0.1, -0.05) is 42.5 Å². The lowest BCUT2D eigenvalue weighted by atomic mass is 10.0. The van der Waals surface area contributed by atoms with E-state index in [4.69, 9.17) is 9.47 Å². The van der Waals surface area contributed by atoms with Crippen molar-refractivity contribution in [2.45, 2.75) is 26.6 Å². The van der Waals surface area contributed by atoms with E-state index in [0.717, 1.165) is 19.5 Å². The number of ether oxygens (including phenoxy) is 2. The summed E-state index contributed by atoms with van der Waals surface area (Å²) in [5.74, 6) is 0. The molecule has 2 rings (SSSR count). The van der Waals surface area contributed by atoms with E-state index in [1.165, 1.54) is 16.3 Å². The Morgan fingerprint density at radius 2 is 1.67 bits per heavy atom. The van der Waals surface area contributed by atoms with E-state index >= 15 is 0 Å². The van der Waals surface area contributed by atoms with Crippen LogP contribution in [0.5, 0.6) is 0 Å². The zero-order valence-corrected chi connectivity index (χ0v) is 13.0. The van der Waals surface area contributed by atoms with Crippen LogP contribution in [0, 0.1) is 0 Å². The minimum Gasteiger partial charge on any atom is -0.352 e. The number of nitrogens with one attached hydrogen (secondary N) is 1. The Labute approximate surface area is 127 Å². The number of hydrogen-bond donors (Lipinski definition) is 1. The van der Waals surface area contributed by atoms with E-state index in [1.54, 1.807) is 0 Å². The zero-order chi connectivity index (χ0) is 14.9. The SMILES string of the molecule is CCOC(CNCCc1cccc2ccccc12)OCC. The predicted molar refractivity (Wildman–Crippen MR) is 87.6 cm³/mol. The summed E-state index contributed by atoms with van der Waals surface area (Å²) in [4.78, 5) is 0. The van der Waals surface area contributed by atoms with Crippen molar-refractivity contribution in [1.82, 2.24) is 5.32 Å². The molecule has 0 saturated carbocycles. The first kappa shape index (κ1) is 16.0. The van der Waals surface area contributed by atoms with E-state index in [1.807, 2.05) is 13.8 Å². The summed E-state index contributed by atoms with van der Waals surface area (Å²) in [5.41, 5.74) is 1.38.